The molecule has 4 fully saturated rings. The van der Waals surface area contributed by atoms with E-state index in [1.807, 2.05) is 12.1 Å². The number of likely N-dealkylation sites (tertiary alicyclic amines) is 3. The van der Waals surface area contributed by atoms with E-state index in [0.717, 1.165) is 119 Å². The number of urea groups is 1. The monoisotopic (exact) mass is 1370 g/mol. The lowest BCUT2D eigenvalue weighted by molar-refractivity contribution is -0.119. The number of hydrogen-bond acceptors (Lipinski definition) is 15. The highest BCUT2D eigenvalue weighted by Crippen LogP contribution is 2.45. The predicted molar refractivity (Wildman–Crippen MR) is 345 cm³/mol. The molecular formula is C64H84Cl4F2N8O10S2. The maximum atomic E-state index is 15.8. The fourth-order valence-electron chi connectivity index (χ4n) is 13.5. The van der Waals surface area contributed by atoms with Crippen molar-refractivity contribution in [3.05, 3.63) is 115 Å². The number of rotatable bonds is 31. The molecule has 6 atom stereocenters. The Labute approximate surface area is 548 Å². The fraction of sp³-hybridized carbons (Fsp3) is 0.594. The molecule has 2 amide bonds. The molecule has 18 nitrogen and oxygen atoms in total. The second kappa shape index (κ2) is 32.4. The molecule has 90 heavy (non-hydrogen) atoms. The number of ether oxygens (including phenoxy) is 4. The van der Waals surface area contributed by atoms with Gasteiger partial charge in [0.05, 0.1) is 47.4 Å². The smallest absolute Gasteiger partial charge is 0.314 e. The molecule has 4 N–H and O–H groups in total. The Morgan fingerprint density at radius 1 is 0.600 bits per heavy atom. The van der Waals surface area contributed by atoms with Crippen LogP contribution in [0.2, 0.25) is 20.1 Å². The van der Waals surface area contributed by atoms with Gasteiger partial charge in [-0.1, -0.05) is 59.2 Å². The van der Waals surface area contributed by atoms with Crippen LogP contribution in [0.5, 0.6) is 11.5 Å². The molecule has 26 heteroatoms. The second-order valence-corrected chi connectivity index (χ2v) is 30.0. The summed E-state index contributed by atoms with van der Waals surface area (Å²) in [4.78, 5) is 33.6. The highest BCUT2D eigenvalue weighted by Gasteiger charge is 2.42. The molecule has 4 aromatic rings. The third-order valence-electron chi connectivity index (χ3n) is 18.2. The molecule has 4 saturated heterocycles. The van der Waals surface area contributed by atoms with E-state index in [-0.39, 0.29) is 62.9 Å². The van der Waals surface area contributed by atoms with Crippen LogP contribution in [0.25, 0.3) is 0 Å². The lowest BCUT2D eigenvalue weighted by Gasteiger charge is -2.36. The van der Waals surface area contributed by atoms with Crippen molar-refractivity contribution in [2.45, 2.75) is 124 Å². The van der Waals surface area contributed by atoms with Gasteiger partial charge < -0.3 is 39.8 Å². The fourth-order valence-corrected chi connectivity index (χ4v) is 17.6. The molecule has 10 rings (SSSR count). The molecular weight excluding hydrogens is 1280 g/mol. The minimum atomic E-state index is -4.03. The summed E-state index contributed by atoms with van der Waals surface area (Å²) in [6.45, 7) is 11.2. The van der Waals surface area contributed by atoms with Gasteiger partial charge in [0.15, 0.2) is 33.0 Å². The third-order valence-corrected chi connectivity index (χ3v) is 22.7. The Hall–Kier alpha value is -3.98. The molecule has 4 heterocycles. The predicted octanol–water partition coefficient (Wildman–Crippen LogP) is 9.45. The third kappa shape index (κ3) is 18.5. The number of nitrogens with one attached hydrogen (secondary N) is 4. The van der Waals surface area contributed by atoms with Crippen molar-refractivity contribution in [3.63, 3.8) is 0 Å². The first-order valence-electron chi connectivity index (χ1n) is 31.8. The van der Waals surface area contributed by atoms with Crippen LogP contribution in [0.3, 0.4) is 0 Å². The van der Waals surface area contributed by atoms with E-state index >= 15 is 8.78 Å². The number of unbranched alkanes of at least 4 members (excludes halogenated alkanes) is 2. The summed E-state index contributed by atoms with van der Waals surface area (Å²) in [6, 6.07) is 13.9. The van der Waals surface area contributed by atoms with Gasteiger partial charge in [0.1, 0.15) is 18.0 Å². The molecule has 0 aromatic heterocycles. The van der Waals surface area contributed by atoms with Crippen LogP contribution in [-0.4, -0.2) is 190 Å². The van der Waals surface area contributed by atoms with E-state index in [9.17, 15) is 26.4 Å². The van der Waals surface area contributed by atoms with Gasteiger partial charge >= 0.3 is 6.03 Å². The van der Waals surface area contributed by atoms with Crippen molar-refractivity contribution in [3.8, 4) is 11.5 Å². The molecule has 2 aliphatic carbocycles. The van der Waals surface area contributed by atoms with Gasteiger partial charge in [-0.25, -0.2) is 35.1 Å². The lowest BCUT2D eigenvalue weighted by atomic mass is 10.0. The number of hydrogen-bond donors (Lipinski definition) is 4. The summed E-state index contributed by atoms with van der Waals surface area (Å²) in [6.07, 6.45) is 8.58. The zero-order valence-corrected chi connectivity index (χ0v) is 55.5. The number of halogens is 6. The van der Waals surface area contributed by atoms with E-state index in [2.05, 4.69) is 40.3 Å². The van der Waals surface area contributed by atoms with E-state index in [1.165, 1.54) is 24.3 Å². The first-order valence-corrected chi connectivity index (χ1v) is 36.5. The second-order valence-electron chi connectivity index (χ2n) is 24.6. The van der Waals surface area contributed by atoms with Crippen LogP contribution >= 0.6 is 46.4 Å². The zero-order valence-electron chi connectivity index (χ0n) is 50.8. The quantitative estimate of drug-likeness (QED) is 0.0347. The first-order chi connectivity index (χ1) is 43.4. The van der Waals surface area contributed by atoms with E-state index in [0.29, 0.717) is 137 Å². The van der Waals surface area contributed by atoms with Crippen molar-refractivity contribution in [2.75, 3.05) is 124 Å². The number of piperidine rings is 1. The number of carbonyl (C=O) groups is 2. The Bertz CT molecular complexity index is 3140. The number of sulfonamides is 1. The topological polar surface area (TPSA) is 200 Å². The summed E-state index contributed by atoms with van der Waals surface area (Å²) >= 11 is 26.0. The number of fused-ring (bicyclic) bond motifs is 2. The molecule has 0 saturated carbocycles. The van der Waals surface area contributed by atoms with E-state index < -0.39 is 43.7 Å². The van der Waals surface area contributed by atoms with Crippen LogP contribution < -0.4 is 30.1 Å². The molecule has 0 unspecified atom stereocenters. The summed E-state index contributed by atoms with van der Waals surface area (Å²) in [5, 5.41) is 11.0. The number of Topliss-reactive ketones (excluding diaryl/α,β-unsaturated/α-hetero) is 1. The van der Waals surface area contributed by atoms with Gasteiger partial charge in [0.25, 0.3) is 0 Å². The summed E-state index contributed by atoms with van der Waals surface area (Å²) in [5.41, 5.74) is 3.50. The molecule has 6 aliphatic rings. The Kier molecular flexibility index (Phi) is 24.8. The van der Waals surface area contributed by atoms with Crippen LogP contribution in [0.1, 0.15) is 105 Å². The van der Waals surface area contributed by atoms with Crippen LogP contribution in [-0.2, 0) is 47.0 Å². The van der Waals surface area contributed by atoms with Crippen LogP contribution in [0.4, 0.5) is 13.6 Å². The standard InChI is InChI=1S/C64H84Cl4F2N8O10S2/c65-44-32-52-50(54(67)34-44)38-58(77-20-5-2-6-21-77)62(52)88-61-13-11-49(37-57(61)70)90(83,84)74-46-15-23-76(41-46)27-31-86-29-19-73-64(80)72-16-4-1-3-8-47(79)9-7-28-85-30-26-75-22-14-43(40-75)42-89(81,82)48-10-12-60(56(69)36-48)87-63-53-33-45(66)35-55(68)51(53)39-59(63)78-24-17-71-18-25-78/h10-13,32-37,43,46,58-59,62-63,71,74H,1-9,14-31,38-42H2,(H2,72,73,80)/t43-,46-,58-,59-,62-,63-/m0/s1. The maximum Gasteiger partial charge on any atom is 0.314 e. The molecule has 0 bridgehead atoms. The number of benzene rings is 4. The Balaban J connectivity index is 0.526. The number of ketones is 1. The van der Waals surface area contributed by atoms with E-state index in [4.69, 9.17) is 65.4 Å². The normalized spacial score (nSPS) is 22.6. The average Bonchev–Trinajstić information content (AvgIpc) is 1.67. The van der Waals surface area contributed by atoms with Crippen molar-refractivity contribution in [1.82, 2.24) is 40.3 Å². The minimum absolute atomic E-state index is 0.0242. The summed E-state index contributed by atoms with van der Waals surface area (Å²) in [7, 11) is -7.82. The lowest BCUT2D eigenvalue weighted by Crippen LogP contribution is -2.50. The van der Waals surface area contributed by atoms with Gasteiger partial charge in [0.2, 0.25) is 10.0 Å². The molecule has 4 aromatic carbocycles. The van der Waals surface area contributed by atoms with Crippen molar-refractivity contribution in [1.29, 1.82) is 0 Å². The van der Waals surface area contributed by atoms with Crippen LogP contribution in [0, 0.1) is 17.6 Å². The molecule has 0 radical (unpaired) electrons. The zero-order chi connectivity index (χ0) is 63.4. The molecule has 0 spiro atoms. The van der Waals surface area contributed by atoms with Crippen molar-refractivity contribution in [2.24, 2.45) is 5.92 Å². The Morgan fingerprint density at radius 3 is 1.81 bits per heavy atom. The van der Waals surface area contributed by atoms with Gasteiger partial charge in [-0.3, -0.25) is 19.5 Å². The SMILES string of the molecule is O=C(CCCCCNC(=O)NCCOCCN1CC[C@H](NS(=O)(=O)c2ccc(O[C@H]3c4cc(Cl)cc(Cl)c4C[C@@H]3N3CCCCC3)c(F)c2)C1)CCCOCCN1CC[C@H](CS(=O)(=O)c2ccc(O[C@H]3c4cc(Cl)cc(Cl)c4C[C@@H]3N3CCNCC3)c(F)c2)C1. The van der Waals surface area contributed by atoms with Gasteiger partial charge in [-0.2, -0.15) is 0 Å². The number of amides is 2. The summed E-state index contributed by atoms with van der Waals surface area (Å²) < 4.78 is 113. The minimum Gasteiger partial charge on any atom is -0.481 e. The van der Waals surface area contributed by atoms with Crippen molar-refractivity contribution < 1.29 is 54.2 Å². The van der Waals surface area contributed by atoms with Gasteiger partial charge in [-0.05, 0) is 162 Å². The molecule has 4 aliphatic heterocycles. The first kappa shape index (κ1) is 68.9. The van der Waals surface area contributed by atoms with Crippen LogP contribution in [0.15, 0.2) is 70.5 Å². The highest BCUT2D eigenvalue weighted by molar-refractivity contribution is 7.91. The highest BCUT2D eigenvalue weighted by atomic mass is 35.5. The van der Waals surface area contributed by atoms with E-state index in [1.54, 1.807) is 12.1 Å². The number of piperazine rings is 1. The van der Waals surface area contributed by atoms with Gasteiger partial charge in [-0.15, -0.1) is 0 Å². The Morgan fingerprint density at radius 2 is 1.17 bits per heavy atom. The van der Waals surface area contributed by atoms with Crippen molar-refractivity contribution >= 4 is 78.1 Å². The maximum absolute atomic E-state index is 15.8. The number of sulfone groups is 1. The average molecular weight is 1370 g/mol. The molecule has 494 valence electrons. The number of nitrogens with zero attached hydrogens (tertiary/aromatic N) is 4. The van der Waals surface area contributed by atoms with Gasteiger partial charge in [0, 0.05) is 122 Å². The summed E-state index contributed by atoms with van der Waals surface area (Å²) in [5.74, 6) is -1.60. The number of carbonyl (C=O) groups excluding carboxylic acids is 2. The largest absolute Gasteiger partial charge is 0.481 e.